The molecule has 0 aliphatic rings. The van der Waals surface area contributed by atoms with Crippen molar-refractivity contribution in [3.05, 3.63) is 107 Å². The molecular formula is C24H17FN2OS. The monoisotopic (exact) mass is 400 g/mol. The third-order valence-electron chi connectivity index (χ3n) is 4.24. The number of hydrogen-bond donors (Lipinski definition) is 1. The Balaban J connectivity index is 1.46. The van der Waals surface area contributed by atoms with Gasteiger partial charge in [0.1, 0.15) is 5.82 Å². The van der Waals surface area contributed by atoms with Gasteiger partial charge in [-0.3, -0.25) is 9.78 Å². The fourth-order valence-electron chi connectivity index (χ4n) is 2.80. The van der Waals surface area contributed by atoms with E-state index in [1.54, 1.807) is 24.4 Å². The summed E-state index contributed by atoms with van der Waals surface area (Å²) >= 11 is 1.37. The molecule has 4 rings (SSSR count). The Labute approximate surface area is 172 Å². The van der Waals surface area contributed by atoms with Crippen LogP contribution in [-0.4, -0.2) is 10.9 Å². The first-order valence-corrected chi connectivity index (χ1v) is 9.85. The van der Waals surface area contributed by atoms with Gasteiger partial charge >= 0.3 is 0 Å². The van der Waals surface area contributed by atoms with E-state index in [1.807, 2.05) is 60.7 Å². The van der Waals surface area contributed by atoms with Crippen LogP contribution in [0.15, 0.2) is 85.1 Å². The van der Waals surface area contributed by atoms with Crippen molar-refractivity contribution < 1.29 is 9.18 Å². The molecule has 2 heterocycles. The van der Waals surface area contributed by atoms with Crippen LogP contribution in [0.3, 0.4) is 0 Å². The lowest BCUT2D eigenvalue weighted by Gasteiger charge is -2.04. The molecule has 29 heavy (non-hydrogen) atoms. The number of pyridine rings is 1. The summed E-state index contributed by atoms with van der Waals surface area (Å²) in [4.78, 5) is 18.4. The van der Waals surface area contributed by atoms with Crippen LogP contribution in [0, 0.1) is 5.82 Å². The molecule has 2 aromatic heterocycles. The summed E-state index contributed by atoms with van der Waals surface area (Å²) in [5.41, 5.74) is 3.44. The largest absolute Gasteiger partial charge is 0.321 e. The minimum absolute atomic E-state index is 0.172. The number of carbonyl (C=O) groups is 1. The third-order valence-corrected chi connectivity index (χ3v) is 5.37. The molecule has 142 valence electrons. The van der Waals surface area contributed by atoms with Crippen molar-refractivity contribution >= 4 is 35.1 Å². The highest BCUT2D eigenvalue weighted by atomic mass is 32.1. The molecule has 2 aromatic carbocycles. The molecule has 5 heteroatoms. The zero-order chi connectivity index (χ0) is 20.1. The maximum atomic E-state index is 13.1. The lowest BCUT2D eigenvalue weighted by Crippen LogP contribution is -2.09. The first-order valence-electron chi connectivity index (χ1n) is 9.04. The van der Waals surface area contributed by atoms with E-state index in [2.05, 4.69) is 10.3 Å². The summed E-state index contributed by atoms with van der Waals surface area (Å²) in [5.74, 6) is -0.450. The van der Waals surface area contributed by atoms with Crippen LogP contribution in [0.2, 0.25) is 0 Å². The summed E-state index contributed by atoms with van der Waals surface area (Å²) < 4.78 is 13.1. The molecule has 0 saturated carbocycles. The van der Waals surface area contributed by atoms with Crippen molar-refractivity contribution in [1.29, 1.82) is 0 Å². The van der Waals surface area contributed by atoms with Crippen molar-refractivity contribution in [2.45, 2.75) is 0 Å². The zero-order valence-corrected chi connectivity index (χ0v) is 16.2. The minimum Gasteiger partial charge on any atom is -0.321 e. The van der Waals surface area contributed by atoms with Gasteiger partial charge in [-0.2, -0.15) is 0 Å². The van der Waals surface area contributed by atoms with E-state index in [9.17, 15) is 9.18 Å². The Morgan fingerprint density at radius 3 is 2.59 bits per heavy atom. The van der Waals surface area contributed by atoms with Crippen LogP contribution in [0.5, 0.6) is 0 Å². The lowest BCUT2D eigenvalue weighted by molar-refractivity contribution is 0.103. The fraction of sp³-hybridized carbons (Fsp3) is 0. The molecule has 1 amide bonds. The number of nitrogens with one attached hydrogen (secondary N) is 1. The second-order valence-electron chi connectivity index (χ2n) is 6.34. The SMILES string of the molecule is O=C(Nc1cccc(/C=C\c2ccccn2)c1)c1ccc(-c2ccc(F)cc2)s1. The second kappa shape index (κ2) is 8.63. The van der Waals surface area contributed by atoms with E-state index in [0.29, 0.717) is 4.88 Å². The average molecular weight is 400 g/mol. The topological polar surface area (TPSA) is 42.0 Å². The molecule has 0 atom stereocenters. The Hall–Kier alpha value is -3.57. The van der Waals surface area contributed by atoms with Gasteiger partial charge in [-0.1, -0.05) is 36.4 Å². The number of rotatable bonds is 5. The molecule has 0 saturated heterocycles. The standard InChI is InChI=1S/C24H17FN2OS/c25-19-10-8-18(9-11-19)22-13-14-23(29-22)24(28)27-21-6-3-4-17(16-21)7-12-20-5-1-2-15-26-20/h1-16H,(H,27,28)/b12-7-. The van der Waals surface area contributed by atoms with Gasteiger partial charge in [0.05, 0.1) is 10.6 Å². The smallest absolute Gasteiger partial charge is 0.265 e. The summed E-state index contributed by atoms with van der Waals surface area (Å²) in [7, 11) is 0. The fourth-order valence-corrected chi connectivity index (χ4v) is 3.70. The van der Waals surface area contributed by atoms with Crippen LogP contribution < -0.4 is 5.32 Å². The quantitative estimate of drug-likeness (QED) is 0.423. The lowest BCUT2D eigenvalue weighted by atomic mass is 10.1. The molecule has 0 radical (unpaired) electrons. The number of thiophene rings is 1. The Bertz CT molecular complexity index is 1150. The van der Waals surface area contributed by atoms with Crippen LogP contribution in [-0.2, 0) is 0 Å². The third kappa shape index (κ3) is 4.83. The molecule has 0 bridgehead atoms. The molecule has 0 aliphatic heterocycles. The highest BCUT2D eigenvalue weighted by Crippen LogP contribution is 2.29. The van der Waals surface area contributed by atoms with Gasteiger partial charge in [0.2, 0.25) is 0 Å². The summed E-state index contributed by atoms with van der Waals surface area (Å²) in [6.45, 7) is 0. The minimum atomic E-state index is -0.278. The maximum Gasteiger partial charge on any atom is 0.265 e. The zero-order valence-electron chi connectivity index (χ0n) is 15.4. The van der Waals surface area contributed by atoms with Gasteiger partial charge in [-0.05, 0) is 65.7 Å². The molecule has 1 N–H and O–H groups in total. The predicted octanol–water partition coefficient (Wildman–Crippen LogP) is 6.37. The van der Waals surface area contributed by atoms with E-state index in [1.165, 1.54) is 23.5 Å². The van der Waals surface area contributed by atoms with Gasteiger partial charge < -0.3 is 5.32 Å². The molecule has 0 fully saturated rings. The number of carbonyl (C=O) groups excluding carboxylic acids is 1. The van der Waals surface area contributed by atoms with Gasteiger partial charge in [0.15, 0.2) is 0 Å². The van der Waals surface area contributed by atoms with Crippen LogP contribution in [0.4, 0.5) is 10.1 Å². The van der Waals surface area contributed by atoms with Crippen molar-refractivity contribution in [3.63, 3.8) is 0 Å². The maximum absolute atomic E-state index is 13.1. The number of benzene rings is 2. The van der Waals surface area contributed by atoms with Crippen molar-refractivity contribution in [2.24, 2.45) is 0 Å². The molecular weight excluding hydrogens is 383 g/mol. The van der Waals surface area contributed by atoms with E-state index in [4.69, 9.17) is 0 Å². The molecule has 0 aliphatic carbocycles. The molecule has 0 spiro atoms. The number of nitrogens with zero attached hydrogens (tertiary/aromatic N) is 1. The number of anilines is 1. The normalized spacial score (nSPS) is 10.9. The van der Waals surface area contributed by atoms with Crippen LogP contribution in [0.25, 0.3) is 22.6 Å². The highest BCUT2D eigenvalue weighted by Gasteiger charge is 2.11. The van der Waals surface area contributed by atoms with Gasteiger partial charge in [0.25, 0.3) is 5.91 Å². The van der Waals surface area contributed by atoms with E-state index >= 15 is 0 Å². The molecule has 0 unspecified atom stereocenters. The van der Waals surface area contributed by atoms with Crippen LogP contribution >= 0.6 is 11.3 Å². The first kappa shape index (κ1) is 18.8. The van der Waals surface area contributed by atoms with E-state index in [-0.39, 0.29) is 11.7 Å². The van der Waals surface area contributed by atoms with Crippen LogP contribution in [0.1, 0.15) is 20.9 Å². The molecule has 4 aromatic rings. The number of amides is 1. The Morgan fingerprint density at radius 2 is 1.79 bits per heavy atom. The van der Waals surface area contributed by atoms with Gasteiger partial charge in [-0.25, -0.2) is 4.39 Å². The van der Waals surface area contributed by atoms with E-state index in [0.717, 1.165) is 27.4 Å². The van der Waals surface area contributed by atoms with Crippen molar-refractivity contribution in [1.82, 2.24) is 4.98 Å². The number of halogens is 1. The highest BCUT2D eigenvalue weighted by molar-refractivity contribution is 7.17. The average Bonchev–Trinajstić information content (AvgIpc) is 3.24. The first-order chi connectivity index (χ1) is 14.2. The Kier molecular flexibility index (Phi) is 5.59. The van der Waals surface area contributed by atoms with Gasteiger partial charge in [-0.15, -0.1) is 11.3 Å². The summed E-state index contributed by atoms with van der Waals surface area (Å²) in [6, 6.07) is 23.3. The number of hydrogen-bond acceptors (Lipinski definition) is 3. The molecule has 3 nitrogen and oxygen atoms in total. The summed E-state index contributed by atoms with van der Waals surface area (Å²) in [5, 5.41) is 2.93. The van der Waals surface area contributed by atoms with E-state index < -0.39 is 0 Å². The second-order valence-corrected chi connectivity index (χ2v) is 7.42. The Morgan fingerprint density at radius 1 is 0.931 bits per heavy atom. The predicted molar refractivity (Wildman–Crippen MR) is 117 cm³/mol. The number of aromatic nitrogens is 1. The summed E-state index contributed by atoms with van der Waals surface area (Å²) in [6.07, 6.45) is 5.63. The van der Waals surface area contributed by atoms with Crippen molar-refractivity contribution in [2.75, 3.05) is 5.32 Å². The van der Waals surface area contributed by atoms with Crippen molar-refractivity contribution in [3.8, 4) is 10.4 Å². The van der Waals surface area contributed by atoms with Gasteiger partial charge in [0, 0.05) is 16.8 Å².